The van der Waals surface area contributed by atoms with Crippen molar-refractivity contribution >= 4 is 32.9 Å². The first-order valence-electron chi connectivity index (χ1n) is 6.54. The van der Waals surface area contributed by atoms with Crippen molar-refractivity contribution in [1.82, 2.24) is 4.98 Å². The lowest BCUT2D eigenvalue weighted by atomic mass is 10.2. The average Bonchev–Trinajstić information content (AvgIpc) is 2.67. The lowest BCUT2D eigenvalue weighted by molar-refractivity contribution is 0.118. The number of rotatable bonds is 6. The summed E-state index contributed by atoms with van der Waals surface area (Å²) in [4.78, 5) is 4.47. The van der Waals surface area contributed by atoms with Crippen molar-refractivity contribution in [1.29, 1.82) is 0 Å². The van der Waals surface area contributed by atoms with Gasteiger partial charge in [0.25, 0.3) is 0 Å². The number of nitrogens with one attached hydrogen (secondary N) is 1. The van der Waals surface area contributed by atoms with Crippen molar-refractivity contribution in [2.45, 2.75) is 20.8 Å². The van der Waals surface area contributed by atoms with Crippen LogP contribution in [0.15, 0.2) is 12.1 Å². The Balaban J connectivity index is 1.94. The zero-order chi connectivity index (χ0) is 13.8. The van der Waals surface area contributed by atoms with Crippen molar-refractivity contribution in [3.8, 4) is 0 Å². The Morgan fingerprint density at radius 2 is 2.21 bits per heavy atom. The van der Waals surface area contributed by atoms with Gasteiger partial charge in [-0.05, 0) is 25.0 Å². The second kappa shape index (κ2) is 6.21. The Morgan fingerprint density at radius 3 is 2.95 bits per heavy atom. The molecular weight excluding hydrogens is 258 g/mol. The zero-order valence-electron chi connectivity index (χ0n) is 11.7. The van der Waals surface area contributed by atoms with Crippen molar-refractivity contribution in [2.24, 2.45) is 5.92 Å². The van der Waals surface area contributed by atoms with Gasteiger partial charge in [-0.1, -0.05) is 13.8 Å². The van der Waals surface area contributed by atoms with Crippen LogP contribution in [0.2, 0.25) is 0 Å². The van der Waals surface area contributed by atoms with Crippen LogP contribution in [0.1, 0.15) is 18.9 Å². The molecule has 1 aromatic carbocycles. The number of ether oxygens (including phenoxy) is 1. The van der Waals surface area contributed by atoms with Gasteiger partial charge in [-0.3, -0.25) is 0 Å². The molecule has 1 heterocycles. The number of anilines is 2. The van der Waals surface area contributed by atoms with E-state index in [4.69, 9.17) is 10.5 Å². The SMILES string of the molecule is Cc1nc2cc(NCCOCC(C)C)c(N)cc2s1. The second-order valence-corrected chi connectivity index (χ2v) is 6.27. The maximum Gasteiger partial charge on any atom is 0.0907 e. The van der Waals surface area contributed by atoms with Gasteiger partial charge in [0.1, 0.15) is 0 Å². The van der Waals surface area contributed by atoms with Crippen LogP contribution in [0.3, 0.4) is 0 Å². The van der Waals surface area contributed by atoms with E-state index >= 15 is 0 Å². The molecule has 0 aliphatic heterocycles. The molecular formula is C14H21N3OS. The third-order valence-electron chi connectivity index (χ3n) is 2.68. The Labute approximate surface area is 118 Å². The van der Waals surface area contributed by atoms with E-state index < -0.39 is 0 Å². The standard InChI is InChI=1S/C14H21N3OS/c1-9(2)8-18-5-4-16-12-7-13-14(6-11(12)15)19-10(3)17-13/h6-7,9,16H,4-5,8,15H2,1-3H3. The van der Waals surface area contributed by atoms with E-state index in [9.17, 15) is 0 Å². The van der Waals surface area contributed by atoms with Crippen LogP contribution in [-0.2, 0) is 4.74 Å². The maximum atomic E-state index is 6.03. The molecule has 2 aromatic rings. The normalized spacial score (nSPS) is 11.4. The number of hydrogen-bond donors (Lipinski definition) is 2. The van der Waals surface area contributed by atoms with E-state index in [-0.39, 0.29) is 0 Å². The van der Waals surface area contributed by atoms with Crippen LogP contribution < -0.4 is 11.1 Å². The number of aryl methyl sites for hydroxylation is 1. The first kappa shape index (κ1) is 14.1. The topological polar surface area (TPSA) is 60.2 Å². The van der Waals surface area contributed by atoms with E-state index in [2.05, 4.69) is 24.1 Å². The van der Waals surface area contributed by atoms with Crippen LogP contribution in [-0.4, -0.2) is 24.7 Å². The minimum atomic E-state index is 0.569. The molecule has 0 bridgehead atoms. The Morgan fingerprint density at radius 1 is 1.42 bits per heavy atom. The van der Waals surface area contributed by atoms with E-state index in [0.717, 1.165) is 39.8 Å². The van der Waals surface area contributed by atoms with Crippen LogP contribution in [0.5, 0.6) is 0 Å². The summed E-state index contributed by atoms with van der Waals surface area (Å²) in [6, 6.07) is 3.99. The summed E-state index contributed by atoms with van der Waals surface area (Å²) in [6.07, 6.45) is 0. The van der Waals surface area contributed by atoms with Crippen molar-refractivity contribution in [3.63, 3.8) is 0 Å². The fraction of sp³-hybridized carbons (Fsp3) is 0.500. The molecule has 0 spiro atoms. The van der Waals surface area contributed by atoms with E-state index in [1.54, 1.807) is 11.3 Å². The minimum Gasteiger partial charge on any atom is -0.397 e. The molecule has 0 atom stereocenters. The molecule has 0 aliphatic carbocycles. The first-order chi connectivity index (χ1) is 9.06. The maximum absolute atomic E-state index is 6.03. The summed E-state index contributed by atoms with van der Waals surface area (Å²) in [5.41, 5.74) is 8.74. The minimum absolute atomic E-state index is 0.569. The van der Waals surface area contributed by atoms with Crippen LogP contribution in [0.25, 0.3) is 10.2 Å². The van der Waals surface area contributed by atoms with E-state index in [1.165, 1.54) is 0 Å². The largest absolute Gasteiger partial charge is 0.397 e. The number of nitrogens with two attached hydrogens (primary N) is 1. The summed E-state index contributed by atoms with van der Waals surface area (Å²) in [6.45, 7) is 8.53. The Kier molecular flexibility index (Phi) is 4.61. The van der Waals surface area contributed by atoms with Gasteiger partial charge in [0, 0.05) is 13.2 Å². The van der Waals surface area contributed by atoms with Gasteiger partial charge in [-0.15, -0.1) is 11.3 Å². The Hall–Kier alpha value is -1.33. The fourth-order valence-electron chi connectivity index (χ4n) is 1.83. The summed E-state index contributed by atoms with van der Waals surface area (Å²) >= 11 is 1.67. The molecule has 0 saturated carbocycles. The van der Waals surface area contributed by atoms with Gasteiger partial charge in [-0.25, -0.2) is 4.98 Å². The molecule has 0 aliphatic rings. The lowest BCUT2D eigenvalue weighted by Crippen LogP contribution is -2.12. The summed E-state index contributed by atoms with van der Waals surface area (Å²) < 4.78 is 6.67. The van der Waals surface area contributed by atoms with Gasteiger partial charge in [-0.2, -0.15) is 0 Å². The number of hydrogen-bond acceptors (Lipinski definition) is 5. The number of nitrogen functional groups attached to an aromatic ring is 1. The highest BCUT2D eigenvalue weighted by atomic mass is 32.1. The van der Waals surface area contributed by atoms with Gasteiger partial charge in [0.05, 0.1) is 33.2 Å². The van der Waals surface area contributed by atoms with Gasteiger partial charge in [0.2, 0.25) is 0 Å². The number of fused-ring (bicyclic) bond motifs is 1. The van der Waals surface area contributed by atoms with Crippen LogP contribution in [0.4, 0.5) is 11.4 Å². The number of aromatic nitrogens is 1. The zero-order valence-corrected chi connectivity index (χ0v) is 12.5. The first-order valence-corrected chi connectivity index (χ1v) is 7.36. The molecule has 0 fully saturated rings. The van der Waals surface area contributed by atoms with Crippen molar-refractivity contribution in [3.05, 3.63) is 17.1 Å². The van der Waals surface area contributed by atoms with Crippen molar-refractivity contribution < 1.29 is 4.74 Å². The predicted octanol–water partition coefficient (Wildman–Crippen LogP) is 3.27. The van der Waals surface area contributed by atoms with Gasteiger partial charge in [0.15, 0.2) is 0 Å². The summed E-state index contributed by atoms with van der Waals surface area (Å²) in [5.74, 6) is 0.569. The van der Waals surface area contributed by atoms with Crippen molar-refractivity contribution in [2.75, 3.05) is 30.8 Å². The molecule has 1 aromatic heterocycles. The molecule has 104 valence electrons. The van der Waals surface area contributed by atoms with Gasteiger partial charge >= 0.3 is 0 Å². The Bertz CT molecular complexity index is 551. The molecule has 3 N–H and O–H groups in total. The van der Waals surface area contributed by atoms with E-state index in [0.29, 0.717) is 12.5 Å². The highest BCUT2D eigenvalue weighted by molar-refractivity contribution is 7.18. The lowest BCUT2D eigenvalue weighted by Gasteiger charge is -2.10. The molecule has 4 nitrogen and oxygen atoms in total. The highest BCUT2D eigenvalue weighted by Crippen LogP contribution is 2.29. The molecule has 19 heavy (non-hydrogen) atoms. The molecule has 0 radical (unpaired) electrons. The summed E-state index contributed by atoms with van der Waals surface area (Å²) in [5, 5.41) is 4.36. The molecule has 5 heteroatoms. The molecule has 0 amide bonds. The fourth-order valence-corrected chi connectivity index (χ4v) is 2.69. The number of nitrogens with zero attached hydrogens (tertiary/aromatic N) is 1. The van der Waals surface area contributed by atoms with Gasteiger partial charge < -0.3 is 15.8 Å². The monoisotopic (exact) mass is 279 g/mol. The molecule has 0 saturated heterocycles. The number of thiazole rings is 1. The molecule has 0 unspecified atom stereocenters. The predicted molar refractivity (Wildman–Crippen MR) is 82.9 cm³/mol. The van der Waals surface area contributed by atoms with Crippen LogP contribution >= 0.6 is 11.3 Å². The second-order valence-electron chi connectivity index (χ2n) is 5.04. The third kappa shape index (κ3) is 3.81. The molecule has 2 rings (SSSR count). The smallest absolute Gasteiger partial charge is 0.0907 e. The highest BCUT2D eigenvalue weighted by Gasteiger charge is 2.05. The van der Waals surface area contributed by atoms with E-state index in [1.807, 2.05) is 19.1 Å². The third-order valence-corrected chi connectivity index (χ3v) is 3.61. The summed E-state index contributed by atoms with van der Waals surface area (Å²) in [7, 11) is 0. The quantitative estimate of drug-likeness (QED) is 0.629. The number of benzene rings is 1. The average molecular weight is 279 g/mol. The van der Waals surface area contributed by atoms with Crippen LogP contribution in [0, 0.1) is 12.8 Å².